The highest BCUT2D eigenvalue weighted by Gasteiger charge is 2.15. The van der Waals surface area contributed by atoms with E-state index in [-0.39, 0.29) is 12.1 Å². The molecule has 1 N–H and O–H groups in total. The van der Waals surface area contributed by atoms with Crippen LogP contribution in [-0.2, 0) is 0 Å². The van der Waals surface area contributed by atoms with Crippen molar-refractivity contribution in [2.75, 3.05) is 6.54 Å². The van der Waals surface area contributed by atoms with E-state index in [1.165, 1.54) is 5.56 Å². The number of hydrogen-bond donors (Lipinski definition) is 1. The maximum atomic E-state index is 5.69. The van der Waals surface area contributed by atoms with E-state index in [9.17, 15) is 0 Å². The molecule has 1 atom stereocenters. The summed E-state index contributed by atoms with van der Waals surface area (Å²) in [7, 11) is 0. The van der Waals surface area contributed by atoms with Gasteiger partial charge in [0, 0.05) is 5.38 Å². The van der Waals surface area contributed by atoms with Gasteiger partial charge in [0.15, 0.2) is 0 Å². The van der Waals surface area contributed by atoms with E-state index in [2.05, 4.69) is 34.7 Å². The van der Waals surface area contributed by atoms with Crippen LogP contribution in [0.5, 0.6) is 5.75 Å². The Balaban J connectivity index is 2.16. The van der Waals surface area contributed by atoms with Gasteiger partial charge in [0.05, 0.1) is 23.4 Å². The maximum Gasteiger partial charge on any atom is 0.119 e. The standard InChI is InChI=1S/C16H22N2OS/c1-4-9-17-16(15-10-20-11-18-15)13-5-7-14(8-6-13)19-12(2)3/h5-8,10-12,16-17H,4,9H2,1-3H3. The second-order valence-electron chi connectivity index (χ2n) is 5.04. The molecule has 0 aliphatic heterocycles. The minimum absolute atomic E-state index is 0.161. The minimum atomic E-state index is 0.161. The van der Waals surface area contributed by atoms with E-state index in [4.69, 9.17) is 4.74 Å². The molecule has 0 saturated heterocycles. The van der Waals surface area contributed by atoms with Crippen LogP contribution in [0.2, 0.25) is 0 Å². The first kappa shape index (κ1) is 15.0. The van der Waals surface area contributed by atoms with Crippen molar-refractivity contribution < 1.29 is 4.74 Å². The number of hydrogen-bond acceptors (Lipinski definition) is 4. The highest BCUT2D eigenvalue weighted by molar-refractivity contribution is 7.07. The quantitative estimate of drug-likeness (QED) is 0.836. The molecule has 108 valence electrons. The van der Waals surface area contributed by atoms with Crippen molar-refractivity contribution in [3.05, 3.63) is 46.4 Å². The van der Waals surface area contributed by atoms with Gasteiger partial charge in [0.25, 0.3) is 0 Å². The Hall–Kier alpha value is -1.39. The van der Waals surface area contributed by atoms with Crippen LogP contribution < -0.4 is 10.1 Å². The molecule has 0 saturated carbocycles. The molecule has 0 aliphatic rings. The van der Waals surface area contributed by atoms with Crippen LogP contribution in [-0.4, -0.2) is 17.6 Å². The summed E-state index contributed by atoms with van der Waals surface area (Å²) in [5.74, 6) is 0.913. The lowest BCUT2D eigenvalue weighted by atomic mass is 10.0. The number of rotatable bonds is 7. The Morgan fingerprint density at radius 3 is 2.55 bits per heavy atom. The first-order valence-corrected chi connectivity index (χ1v) is 8.03. The van der Waals surface area contributed by atoms with Crippen molar-refractivity contribution in [1.82, 2.24) is 10.3 Å². The summed E-state index contributed by atoms with van der Waals surface area (Å²) >= 11 is 1.63. The SMILES string of the molecule is CCCNC(c1ccc(OC(C)C)cc1)c1cscn1. The molecule has 1 heterocycles. The van der Waals surface area contributed by atoms with E-state index in [1.807, 2.05) is 31.5 Å². The summed E-state index contributed by atoms with van der Waals surface area (Å²) in [6, 6.07) is 8.45. The van der Waals surface area contributed by atoms with Gasteiger partial charge in [0.2, 0.25) is 0 Å². The Bertz CT molecular complexity index is 494. The van der Waals surface area contributed by atoms with Gasteiger partial charge in [-0.05, 0) is 44.5 Å². The Morgan fingerprint density at radius 1 is 1.25 bits per heavy atom. The molecule has 0 spiro atoms. The normalized spacial score (nSPS) is 12.6. The fraction of sp³-hybridized carbons (Fsp3) is 0.438. The van der Waals surface area contributed by atoms with Crippen LogP contribution in [0.3, 0.4) is 0 Å². The third kappa shape index (κ3) is 4.05. The van der Waals surface area contributed by atoms with Crippen LogP contribution >= 0.6 is 11.3 Å². The van der Waals surface area contributed by atoms with Crippen molar-refractivity contribution in [2.24, 2.45) is 0 Å². The molecule has 0 aliphatic carbocycles. The van der Waals surface area contributed by atoms with E-state index < -0.39 is 0 Å². The van der Waals surface area contributed by atoms with Crippen molar-refractivity contribution in [1.29, 1.82) is 0 Å². The smallest absolute Gasteiger partial charge is 0.119 e. The van der Waals surface area contributed by atoms with Crippen molar-refractivity contribution in [2.45, 2.75) is 39.3 Å². The van der Waals surface area contributed by atoms with Crippen LogP contribution in [0.25, 0.3) is 0 Å². The third-order valence-electron chi connectivity index (χ3n) is 2.93. The van der Waals surface area contributed by atoms with Gasteiger partial charge >= 0.3 is 0 Å². The molecule has 4 heteroatoms. The molecule has 3 nitrogen and oxygen atoms in total. The predicted octanol–water partition coefficient (Wildman–Crippen LogP) is 4.02. The molecule has 2 aromatic rings. The first-order valence-electron chi connectivity index (χ1n) is 7.08. The molecule has 0 amide bonds. The lowest BCUT2D eigenvalue weighted by Crippen LogP contribution is -2.23. The molecular formula is C16H22N2OS. The average molecular weight is 290 g/mol. The average Bonchev–Trinajstić information content (AvgIpc) is 2.94. The largest absolute Gasteiger partial charge is 0.491 e. The molecule has 1 aromatic heterocycles. The van der Waals surface area contributed by atoms with Crippen LogP contribution in [0.4, 0.5) is 0 Å². The highest BCUT2D eigenvalue weighted by Crippen LogP contribution is 2.24. The van der Waals surface area contributed by atoms with E-state index in [0.717, 1.165) is 24.4 Å². The summed E-state index contributed by atoms with van der Waals surface area (Å²) in [6.45, 7) is 7.22. The van der Waals surface area contributed by atoms with E-state index >= 15 is 0 Å². The first-order chi connectivity index (χ1) is 9.70. The Kier molecular flexibility index (Phi) is 5.56. The number of nitrogens with one attached hydrogen (secondary N) is 1. The zero-order chi connectivity index (χ0) is 14.4. The van der Waals surface area contributed by atoms with E-state index in [0.29, 0.717) is 0 Å². The predicted molar refractivity (Wildman–Crippen MR) is 84.5 cm³/mol. The number of thiazole rings is 1. The van der Waals surface area contributed by atoms with Crippen molar-refractivity contribution >= 4 is 11.3 Å². The fourth-order valence-electron chi connectivity index (χ4n) is 2.06. The van der Waals surface area contributed by atoms with Gasteiger partial charge < -0.3 is 10.1 Å². The highest BCUT2D eigenvalue weighted by atomic mass is 32.1. The molecule has 0 radical (unpaired) electrons. The van der Waals surface area contributed by atoms with Gasteiger partial charge in [-0.1, -0.05) is 19.1 Å². The van der Waals surface area contributed by atoms with Crippen molar-refractivity contribution in [3.63, 3.8) is 0 Å². The van der Waals surface area contributed by atoms with Gasteiger partial charge in [-0.3, -0.25) is 0 Å². The fourth-order valence-corrected chi connectivity index (χ4v) is 2.64. The Labute approximate surface area is 125 Å². The molecule has 0 fully saturated rings. The van der Waals surface area contributed by atoms with Gasteiger partial charge in [-0.25, -0.2) is 4.98 Å². The third-order valence-corrected chi connectivity index (χ3v) is 3.54. The zero-order valence-electron chi connectivity index (χ0n) is 12.3. The molecule has 0 bridgehead atoms. The van der Waals surface area contributed by atoms with Crippen molar-refractivity contribution in [3.8, 4) is 5.75 Å². The van der Waals surface area contributed by atoms with Gasteiger partial charge in [-0.2, -0.15) is 0 Å². The van der Waals surface area contributed by atoms with Gasteiger partial charge in [-0.15, -0.1) is 11.3 Å². The number of benzene rings is 1. The van der Waals surface area contributed by atoms with E-state index in [1.54, 1.807) is 11.3 Å². The summed E-state index contributed by atoms with van der Waals surface area (Å²) in [6.07, 6.45) is 1.31. The van der Waals surface area contributed by atoms with Crippen LogP contribution in [0, 0.1) is 0 Å². The van der Waals surface area contributed by atoms with Crippen LogP contribution in [0.15, 0.2) is 35.2 Å². The molecule has 1 unspecified atom stereocenters. The van der Waals surface area contributed by atoms with Gasteiger partial charge in [0.1, 0.15) is 5.75 Å². The van der Waals surface area contributed by atoms with Crippen LogP contribution in [0.1, 0.15) is 44.5 Å². The monoisotopic (exact) mass is 290 g/mol. The number of aromatic nitrogens is 1. The number of ether oxygens (including phenoxy) is 1. The number of nitrogens with zero attached hydrogens (tertiary/aromatic N) is 1. The molecule has 1 aromatic carbocycles. The minimum Gasteiger partial charge on any atom is -0.491 e. The second-order valence-corrected chi connectivity index (χ2v) is 5.75. The Morgan fingerprint density at radius 2 is 2.00 bits per heavy atom. The summed E-state index contributed by atoms with van der Waals surface area (Å²) in [4.78, 5) is 4.44. The zero-order valence-corrected chi connectivity index (χ0v) is 13.1. The molecular weight excluding hydrogens is 268 g/mol. The summed E-state index contributed by atoms with van der Waals surface area (Å²) < 4.78 is 5.69. The second kappa shape index (κ2) is 7.41. The topological polar surface area (TPSA) is 34.1 Å². The molecule has 2 rings (SSSR count). The summed E-state index contributed by atoms with van der Waals surface area (Å²) in [5, 5.41) is 5.65. The lowest BCUT2D eigenvalue weighted by molar-refractivity contribution is 0.242. The lowest BCUT2D eigenvalue weighted by Gasteiger charge is -2.18. The molecule has 20 heavy (non-hydrogen) atoms. The summed E-state index contributed by atoms with van der Waals surface area (Å²) in [5.41, 5.74) is 4.19. The maximum absolute atomic E-state index is 5.69.